The van der Waals surface area contributed by atoms with Crippen LogP contribution in [-0.2, 0) is 9.53 Å². The van der Waals surface area contributed by atoms with Gasteiger partial charge in [-0.25, -0.2) is 0 Å². The highest BCUT2D eigenvalue weighted by Gasteiger charge is 2.09. The molecule has 0 fully saturated rings. The largest absolute Gasteiger partial charge is 0.469 e. The maximum atomic E-state index is 11.0. The molecule has 6 heteroatoms. The van der Waals surface area contributed by atoms with Crippen molar-refractivity contribution in [2.45, 2.75) is 83.7 Å². The van der Waals surface area contributed by atoms with Gasteiger partial charge < -0.3 is 9.84 Å². The molecule has 0 aliphatic carbocycles. The molecule has 144 valence electrons. The van der Waals surface area contributed by atoms with Crippen LogP contribution < -0.4 is 0 Å². The lowest BCUT2D eigenvalue weighted by molar-refractivity contribution is -0.428. The van der Waals surface area contributed by atoms with E-state index in [4.69, 9.17) is 0 Å². The van der Waals surface area contributed by atoms with Gasteiger partial charge in [0.1, 0.15) is 0 Å². The zero-order valence-corrected chi connectivity index (χ0v) is 15.6. The second kappa shape index (κ2) is 15.8. The van der Waals surface area contributed by atoms with E-state index in [2.05, 4.69) is 11.7 Å². The first-order chi connectivity index (χ1) is 12.0. The summed E-state index contributed by atoms with van der Waals surface area (Å²) < 4.78 is 4.57. The lowest BCUT2D eigenvalue weighted by Crippen LogP contribution is -2.02. The number of allylic oxidation sites excluding steroid dienone is 3. The molecule has 1 N–H and O–H groups in total. The normalized spacial score (nSPS) is 13.2. The van der Waals surface area contributed by atoms with E-state index < -0.39 is 6.10 Å². The topological polar surface area (TPSA) is 89.7 Å². The van der Waals surface area contributed by atoms with E-state index in [-0.39, 0.29) is 16.6 Å². The fourth-order valence-corrected chi connectivity index (χ4v) is 2.44. The Kier molecular flexibility index (Phi) is 14.7. The van der Waals surface area contributed by atoms with Crippen molar-refractivity contribution >= 4 is 5.97 Å². The fourth-order valence-electron chi connectivity index (χ4n) is 2.44. The quantitative estimate of drug-likeness (QED) is 0.116. The van der Waals surface area contributed by atoms with Gasteiger partial charge in [0.2, 0.25) is 5.70 Å². The Morgan fingerprint density at radius 3 is 2.36 bits per heavy atom. The van der Waals surface area contributed by atoms with Crippen molar-refractivity contribution in [1.82, 2.24) is 0 Å². The number of hydrogen-bond acceptors (Lipinski definition) is 5. The van der Waals surface area contributed by atoms with Crippen molar-refractivity contribution in [3.8, 4) is 0 Å². The van der Waals surface area contributed by atoms with E-state index >= 15 is 0 Å². The number of carbonyl (C=O) groups is 1. The first kappa shape index (κ1) is 23.3. The summed E-state index contributed by atoms with van der Waals surface area (Å²) in [6, 6.07) is 0. The van der Waals surface area contributed by atoms with Gasteiger partial charge in [0, 0.05) is 18.9 Å². The van der Waals surface area contributed by atoms with Gasteiger partial charge in [0.15, 0.2) is 0 Å². The molecule has 0 aromatic rings. The van der Waals surface area contributed by atoms with Crippen molar-refractivity contribution in [2.75, 3.05) is 7.11 Å². The third-order valence-corrected chi connectivity index (χ3v) is 4.00. The van der Waals surface area contributed by atoms with Crippen LogP contribution in [0, 0.1) is 10.1 Å². The van der Waals surface area contributed by atoms with Crippen LogP contribution in [-0.4, -0.2) is 29.2 Å². The molecule has 0 heterocycles. The zero-order chi connectivity index (χ0) is 18.9. The lowest BCUT2D eigenvalue weighted by Gasteiger charge is -2.03. The van der Waals surface area contributed by atoms with Crippen LogP contribution in [0.5, 0.6) is 0 Å². The van der Waals surface area contributed by atoms with Crippen LogP contribution in [0.25, 0.3) is 0 Å². The van der Waals surface area contributed by atoms with Gasteiger partial charge in [-0.15, -0.1) is 0 Å². The summed E-state index contributed by atoms with van der Waals surface area (Å²) in [7, 11) is 1.38. The molecule has 0 aromatic carbocycles. The Bertz CT molecular complexity index is 432. The third kappa shape index (κ3) is 14.4. The monoisotopic (exact) mass is 356 g/mol. The highest BCUT2D eigenvalue weighted by atomic mass is 16.9. The van der Waals surface area contributed by atoms with Gasteiger partial charge >= 0.3 is 5.97 Å². The van der Waals surface area contributed by atoms with Crippen LogP contribution in [0.15, 0.2) is 23.9 Å². The Morgan fingerprint density at radius 1 is 1.12 bits per heavy atom. The number of nitrogens with zero attached hydrogens (tertiary/aromatic N) is 1. The van der Waals surface area contributed by atoms with E-state index in [1.54, 1.807) is 12.2 Å². The van der Waals surface area contributed by atoms with Gasteiger partial charge in [-0.1, -0.05) is 57.6 Å². The Balaban J connectivity index is 4.00. The first-order valence-electron chi connectivity index (χ1n) is 9.27. The van der Waals surface area contributed by atoms with Crippen molar-refractivity contribution in [3.63, 3.8) is 0 Å². The van der Waals surface area contributed by atoms with E-state index in [9.17, 15) is 20.0 Å². The minimum Gasteiger partial charge on any atom is -0.469 e. The summed E-state index contributed by atoms with van der Waals surface area (Å²) >= 11 is 0. The predicted octanol–water partition coefficient (Wildman–Crippen LogP) is 4.55. The van der Waals surface area contributed by atoms with Crippen molar-refractivity contribution < 1.29 is 19.6 Å². The molecule has 0 amide bonds. The van der Waals surface area contributed by atoms with E-state index in [0.29, 0.717) is 19.3 Å². The van der Waals surface area contributed by atoms with Crippen molar-refractivity contribution in [3.05, 3.63) is 34.0 Å². The summed E-state index contributed by atoms with van der Waals surface area (Å²) in [5.41, 5.74) is 0.173. The molecule has 25 heavy (non-hydrogen) atoms. The number of aliphatic hydroxyl groups is 1. The summed E-state index contributed by atoms with van der Waals surface area (Å²) in [4.78, 5) is 21.7. The summed E-state index contributed by atoms with van der Waals surface area (Å²) in [5, 5.41) is 20.8. The van der Waals surface area contributed by atoms with Crippen LogP contribution in [0.3, 0.4) is 0 Å². The number of carbonyl (C=O) groups excluding carboxylic acids is 1. The highest BCUT2D eigenvalue weighted by Crippen LogP contribution is 2.13. The molecule has 0 aliphatic heterocycles. The third-order valence-electron chi connectivity index (χ3n) is 4.00. The van der Waals surface area contributed by atoms with Gasteiger partial charge in [-0.2, -0.15) is 0 Å². The van der Waals surface area contributed by atoms with E-state index in [1.807, 2.05) is 0 Å². The maximum absolute atomic E-state index is 11.0. The smallest absolute Gasteiger partial charge is 0.305 e. The molecule has 6 nitrogen and oxygen atoms in total. The lowest BCUT2D eigenvalue weighted by atomic mass is 10.1. The highest BCUT2D eigenvalue weighted by molar-refractivity contribution is 5.68. The second-order valence-electron chi connectivity index (χ2n) is 6.21. The molecule has 1 atom stereocenters. The number of hydrogen-bond donors (Lipinski definition) is 1. The molecule has 0 bridgehead atoms. The van der Waals surface area contributed by atoms with E-state index in [0.717, 1.165) is 51.4 Å². The predicted molar refractivity (Wildman–Crippen MR) is 98.7 cm³/mol. The minimum absolute atomic E-state index is 0.173. The van der Waals surface area contributed by atoms with E-state index in [1.165, 1.54) is 13.2 Å². The molecular weight excluding hydrogens is 323 g/mol. The summed E-state index contributed by atoms with van der Waals surface area (Å²) in [6.07, 6.45) is 13.2. The minimum atomic E-state index is -0.536. The number of unbranched alkanes of at least 4 members (excludes halogenated alkanes) is 6. The number of methoxy groups -OCH3 is 1. The molecule has 1 unspecified atom stereocenters. The second-order valence-corrected chi connectivity index (χ2v) is 6.21. The average Bonchev–Trinajstić information content (AvgIpc) is 2.58. The number of esters is 1. The van der Waals surface area contributed by atoms with Crippen molar-refractivity contribution in [2.24, 2.45) is 0 Å². The molecule has 0 radical (unpaired) electrons. The Morgan fingerprint density at radius 2 is 1.76 bits per heavy atom. The average molecular weight is 356 g/mol. The summed E-state index contributed by atoms with van der Waals surface area (Å²) in [6.45, 7) is 2.10. The molecule has 0 saturated heterocycles. The van der Waals surface area contributed by atoms with Crippen LogP contribution in [0.2, 0.25) is 0 Å². The fraction of sp³-hybridized carbons (Fsp3) is 0.737. The van der Waals surface area contributed by atoms with Gasteiger partial charge in [0.25, 0.3) is 0 Å². The number of aliphatic hydroxyl groups excluding tert-OH is 1. The van der Waals surface area contributed by atoms with Gasteiger partial charge in [-0.05, 0) is 19.3 Å². The molecule has 0 spiro atoms. The molecule has 0 rings (SSSR count). The summed E-state index contributed by atoms with van der Waals surface area (Å²) in [5.74, 6) is -0.192. The SMILES string of the molecule is CCCCCC(O)/C=C/C=C(\CCCCCCCC(=O)OC)[15N+](=O)[O-]. The molecule has 0 aromatic heterocycles. The maximum Gasteiger partial charge on any atom is 0.305 e. The molecular formula is C19H33NO5. The number of ether oxygens (including phenoxy) is 1. The van der Waals surface area contributed by atoms with Crippen LogP contribution >= 0.6 is 0 Å². The van der Waals surface area contributed by atoms with Crippen molar-refractivity contribution in [1.29, 1.82) is 0 Å². The first-order valence-corrected chi connectivity index (χ1v) is 9.27. The number of nitro groups is 1. The van der Waals surface area contributed by atoms with Crippen LogP contribution in [0.4, 0.5) is 0 Å². The Labute approximate surface area is 151 Å². The van der Waals surface area contributed by atoms with Gasteiger partial charge in [0.05, 0.1) is 18.1 Å². The number of rotatable bonds is 15. The van der Waals surface area contributed by atoms with Gasteiger partial charge in [-0.3, -0.25) is 14.9 Å². The molecule has 0 aliphatic rings. The Hall–Kier alpha value is -1.69. The van der Waals surface area contributed by atoms with Crippen LogP contribution in [0.1, 0.15) is 77.6 Å². The standard InChI is InChI=1S/C19H33NO5/c1-3-4-8-14-18(21)15-11-13-17(20(23)24)12-9-6-5-7-10-16-19(22)25-2/h11,13,15,18,21H,3-10,12,14,16H2,1-2H3/b15-11+,17-13+/i20+1. The zero-order valence-electron chi connectivity index (χ0n) is 15.6. The molecule has 0 saturated carbocycles.